The van der Waals surface area contributed by atoms with Crippen molar-refractivity contribution in [3.05, 3.63) is 46.4 Å². The molecule has 0 radical (unpaired) electrons. The highest BCUT2D eigenvalue weighted by atomic mass is 79.9. The number of halogens is 2. The fourth-order valence-electron chi connectivity index (χ4n) is 1.56. The number of imidazole rings is 1. The lowest BCUT2D eigenvalue weighted by Gasteiger charge is -2.08. The summed E-state index contributed by atoms with van der Waals surface area (Å²) in [6, 6.07) is 5.18. The van der Waals surface area contributed by atoms with Gasteiger partial charge in [0.05, 0.1) is 4.47 Å². The molecule has 0 saturated carbocycles. The number of ether oxygens (including phenoxy) is 1. The molecular formula is C12H8BrClN6O. The fourth-order valence-corrected chi connectivity index (χ4v) is 2.32. The lowest BCUT2D eigenvalue weighted by atomic mass is 10.3. The summed E-state index contributed by atoms with van der Waals surface area (Å²) in [7, 11) is 0. The second-order valence-electron chi connectivity index (χ2n) is 3.92. The van der Waals surface area contributed by atoms with Gasteiger partial charge in [0.1, 0.15) is 12.1 Å². The predicted molar refractivity (Wildman–Crippen MR) is 80.6 cm³/mol. The van der Waals surface area contributed by atoms with Gasteiger partial charge in [-0.2, -0.15) is 15.0 Å². The minimum Gasteiger partial charge on any atom is -0.423 e. The third kappa shape index (κ3) is 3.11. The van der Waals surface area contributed by atoms with E-state index >= 15 is 0 Å². The molecule has 0 fully saturated rings. The number of rotatable bonds is 3. The van der Waals surface area contributed by atoms with Crippen LogP contribution in [0.15, 0.2) is 41.4 Å². The minimum atomic E-state index is 0.0498. The lowest BCUT2D eigenvalue weighted by Crippen LogP contribution is -2.06. The van der Waals surface area contributed by atoms with Crippen LogP contribution in [0.25, 0.3) is 5.95 Å². The second-order valence-corrected chi connectivity index (χ2v) is 5.21. The Labute approximate surface area is 132 Å². The van der Waals surface area contributed by atoms with Gasteiger partial charge < -0.3 is 10.5 Å². The van der Waals surface area contributed by atoms with E-state index in [1.165, 1.54) is 0 Å². The van der Waals surface area contributed by atoms with E-state index in [9.17, 15) is 0 Å². The van der Waals surface area contributed by atoms with Crippen LogP contribution in [0.1, 0.15) is 0 Å². The molecule has 0 aliphatic heterocycles. The number of aromatic nitrogens is 5. The number of hydrogen-bond acceptors (Lipinski definition) is 6. The topological polar surface area (TPSA) is 91.7 Å². The standard InChI is InChI=1S/C12H8BrClN6O/c13-8-5-7(14)1-2-9(8)21-12-18-10(15)17-11(19-12)20-4-3-16-6-20/h1-6H,(H2,15,17,18,19). The van der Waals surface area contributed by atoms with Crippen molar-refractivity contribution in [2.45, 2.75) is 0 Å². The van der Waals surface area contributed by atoms with E-state index in [1.54, 1.807) is 41.5 Å². The van der Waals surface area contributed by atoms with Crippen LogP contribution in [0.4, 0.5) is 5.95 Å². The lowest BCUT2D eigenvalue weighted by molar-refractivity contribution is 0.437. The summed E-state index contributed by atoms with van der Waals surface area (Å²) in [5.74, 6) is 0.885. The number of anilines is 1. The van der Waals surface area contributed by atoms with E-state index in [0.29, 0.717) is 21.2 Å². The van der Waals surface area contributed by atoms with Crippen LogP contribution in [0.2, 0.25) is 5.02 Å². The molecule has 0 spiro atoms. The quantitative estimate of drug-likeness (QED) is 0.765. The van der Waals surface area contributed by atoms with E-state index in [4.69, 9.17) is 22.1 Å². The monoisotopic (exact) mass is 366 g/mol. The normalized spacial score (nSPS) is 10.6. The molecule has 7 nitrogen and oxygen atoms in total. The van der Waals surface area contributed by atoms with Gasteiger partial charge in [0.25, 0.3) is 0 Å². The molecular weight excluding hydrogens is 360 g/mol. The van der Waals surface area contributed by atoms with Gasteiger partial charge in [0.2, 0.25) is 11.9 Å². The average molecular weight is 368 g/mol. The van der Waals surface area contributed by atoms with Gasteiger partial charge in [0.15, 0.2) is 0 Å². The van der Waals surface area contributed by atoms with Crippen molar-refractivity contribution in [2.24, 2.45) is 0 Å². The Morgan fingerprint density at radius 3 is 2.81 bits per heavy atom. The maximum absolute atomic E-state index is 5.88. The van der Waals surface area contributed by atoms with E-state index in [1.807, 2.05) is 0 Å². The van der Waals surface area contributed by atoms with Crippen molar-refractivity contribution in [1.82, 2.24) is 24.5 Å². The molecule has 1 aromatic carbocycles. The molecule has 0 aliphatic carbocycles. The third-order valence-electron chi connectivity index (χ3n) is 2.45. The zero-order valence-corrected chi connectivity index (χ0v) is 12.8. The van der Waals surface area contributed by atoms with Crippen molar-refractivity contribution in [3.63, 3.8) is 0 Å². The van der Waals surface area contributed by atoms with Gasteiger partial charge in [0, 0.05) is 17.4 Å². The van der Waals surface area contributed by atoms with Crippen LogP contribution in [-0.2, 0) is 0 Å². The van der Waals surface area contributed by atoms with Crippen LogP contribution in [-0.4, -0.2) is 24.5 Å². The van der Waals surface area contributed by atoms with Gasteiger partial charge in [-0.3, -0.25) is 4.57 Å². The highest BCUT2D eigenvalue weighted by Gasteiger charge is 2.10. The van der Waals surface area contributed by atoms with Gasteiger partial charge in [-0.25, -0.2) is 4.98 Å². The smallest absolute Gasteiger partial charge is 0.328 e. The van der Waals surface area contributed by atoms with Crippen LogP contribution >= 0.6 is 27.5 Å². The molecule has 9 heteroatoms. The van der Waals surface area contributed by atoms with Crippen molar-refractivity contribution in [2.75, 3.05) is 5.73 Å². The van der Waals surface area contributed by atoms with Crippen molar-refractivity contribution < 1.29 is 4.74 Å². The molecule has 106 valence electrons. The molecule has 0 bridgehead atoms. The number of nitrogen functional groups attached to an aromatic ring is 1. The number of hydrogen-bond donors (Lipinski definition) is 1. The molecule has 3 aromatic rings. The van der Waals surface area contributed by atoms with Gasteiger partial charge in [-0.1, -0.05) is 11.6 Å². The molecule has 0 saturated heterocycles. The summed E-state index contributed by atoms with van der Waals surface area (Å²) < 4.78 is 7.88. The van der Waals surface area contributed by atoms with E-state index < -0.39 is 0 Å². The summed E-state index contributed by atoms with van der Waals surface area (Å²) in [6.45, 7) is 0. The zero-order chi connectivity index (χ0) is 14.8. The van der Waals surface area contributed by atoms with Gasteiger partial charge >= 0.3 is 6.01 Å². The predicted octanol–water partition coefficient (Wildman–Crippen LogP) is 2.85. The molecule has 2 heterocycles. The summed E-state index contributed by atoms with van der Waals surface area (Å²) in [5.41, 5.74) is 5.67. The first-order chi connectivity index (χ1) is 10.1. The molecule has 0 amide bonds. The van der Waals surface area contributed by atoms with Crippen molar-refractivity contribution in [3.8, 4) is 17.7 Å². The Kier molecular flexibility index (Phi) is 3.72. The van der Waals surface area contributed by atoms with Gasteiger partial charge in [-0.05, 0) is 34.1 Å². The molecule has 2 N–H and O–H groups in total. The van der Waals surface area contributed by atoms with E-state index in [0.717, 1.165) is 0 Å². The highest BCUT2D eigenvalue weighted by Crippen LogP contribution is 2.30. The first-order valence-electron chi connectivity index (χ1n) is 5.74. The molecule has 2 aromatic heterocycles. The Bertz CT molecular complexity index is 779. The number of nitrogens with two attached hydrogens (primary N) is 1. The molecule has 0 aliphatic rings. The third-order valence-corrected chi connectivity index (χ3v) is 3.31. The zero-order valence-electron chi connectivity index (χ0n) is 10.4. The summed E-state index contributed by atoms with van der Waals surface area (Å²) in [5, 5.41) is 0.587. The Morgan fingerprint density at radius 1 is 1.24 bits per heavy atom. The van der Waals surface area contributed by atoms with Crippen molar-refractivity contribution in [1.29, 1.82) is 0 Å². The maximum atomic E-state index is 5.88. The molecule has 21 heavy (non-hydrogen) atoms. The van der Waals surface area contributed by atoms with Crippen LogP contribution < -0.4 is 10.5 Å². The van der Waals surface area contributed by atoms with E-state index in [2.05, 4.69) is 35.9 Å². The minimum absolute atomic E-state index is 0.0498. The van der Waals surface area contributed by atoms with Crippen LogP contribution in [0, 0.1) is 0 Å². The van der Waals surface area contributed by atoms with Crippen LogP contribution in [0.3, 0.4) is 0 Å². The van der Waals surface area contributed by atoms with Crippen molar-refractivity contribution >= 4 is 33.5 Å². The largest absolute Gasteiger partial charge is 0.423 e. The highest BCUT2D eigenvalue weighted by molar-refractivity contribution is 9.10. The van der Waals surface area contributed by atoms with Crippen LogP contribution in [0.5, 0.6) is 11.8 Å². The summed E-state index contributed by atoms with van der Waals surface area (Å²) >= 11 is 9.23. The first-order valence-corrected chi connectivity index (χ1v) is 6.92. The molecule has 0 unspecified atom stereocenters. The van der Waals surface area contributed by atoms with E-state index in [-0.39, 0.29) is 12.0 Å². The average Bonchev–Trinajstić information content (AvgIpc) is 2.95. The first kappa shape index (κ1) is 13.8. The SMILES string of the molecule is Nc1nc(Oc2ccc(Cl)cc2Br)nc(-n2ccnc2)n1. The maximum Gasteiger partial charge on any atom is 0.328 e. The second kappa shape index (κ2) is 5.66. The number of nitrogens with zero attached hydrogens (tertiary/aromatic N) is 5. The Hall–Kier alpha value is -2.19. The summed E-state index contributed by atoms with van der Waals surface area (Å²) in [6.07, 6.45) is 4.85. The van der Waals surface area contributed by atoms with Gasteiger partial charge in [-0.15, -0.1) is 0 Å². The molecule has 3 rings (SSSR count). The number of benzene rings is 1. The fraction of sp³-hybridized carbons (Fsp3) is 0. The molecule has 0 atom stereocenters. The Morgan fingerprint density at radius 2 is 2.10 bits per heavy atom. The summed E-state index contributed by atoms with van der Waals surface area (Å²) in [4.78, 5) is 16.1. The Balaban J connectivity index is 1.95.